The van der Waals surface area contributed by atoms with Crippen LogP contribution >= 0.6 is 11.8 Å². The molecule has 51 valence electrons. The van der Waals surface area contributed by atoms with Gasteiger partial charge in [-0.1, -0.05) is 18.2 Å². The molecule has 2 heteroatoms. The van der Waals surface area contributed by atoms with Gasteiger partial charge in [0, 0.05) is 11.4 Å². The van der Waals surface area contributed by atoms with Crippen molar-refractivity contribution >= 4 is 11.8 Å². The minimum Gasteiger partial charge on any atom is -0.299 e. The number of nitrogens with one attached hydrogen (secondary N) is 1. The van der Waals surface area contributed by atoms with Crippen molar-refractivity contribution in [1.29, 1.82) is 0 Å². The van der Waals surface area contributed by atoms with Crippen molar-refractivity contribution in [3.8, 4) is 0 Å². The normalized spacial score (nSPS) is 16.4. The highest BCUT2D eigenvalue weighted by Gasteiger charge is 2.06. The van der Waals surface area contributed by atoms with E-state index in [1.54, 1.807) is 11.8 Å². The van der Waals surface area contributed by atoms with Gasteiger partial charge in [-0.2, -0.15) is 0 Å². The molecule has 0 saturated carbocycles. The summed E-state index contributed by atoms with van der Waals surface area (Å²) >= 11 is 1.75. The number of thioether (sulfide) groups is 1. The summed E-state index contributed by atoms with van der Waals surface area (Å²) in [5.41, 5.74) is 1.40. The Bertz CT molecular complexity index is 209. The van der Waals surface area contributed by atoms with Crippen LogP contribution in [-0.4, -0.2) is 0 Å². The second-order valence-corrected chi connectivity index (χ2v) is 3.14. The summed E-state index contributed by atoms with van der Waals surface area (Å²) < 4.78 is 0. The fraction of sp³-hybridized carbons (Fsp3) is 0.125. The number of hydrogen-bond acceptors (Lipinski definition) is 2. The minimum absolute atomic E-state index is 0.975. The molecule has 0 spiro atoms. The minimum atomic E-state index is 0.975. The molecule has 0 amide bonds. The van der Waals surface area contributed by atoms with Crippen molar-refractivity contribution < 1.29 is 0 Å². The van der Waals surface area contributed by atoms with Crippen LogP contribution in [-0.2, 0) is 6.54 Å². The van der Waals surface area contributed by atoms with Gasteiger partial charge < -0.3 is 0 Å². The van der Waals surface area contributed by atoms with Gasteiger partial charge in [-0.05, 0) is 11.6 Å². The largest absolute Gasteiger partial charge is 0.299 e. The molecule has 0 aromatic heterocycles. The number of hydrogen-bond donors (Lipinski definition) is 1. The first-order valence-electron chi connectivity index (χ1n) is 3.26. The Morgan fingerprint density at radius 2 is 2.20 bits per heavy atom. The van der Waals surface area contributed by atoms with Crippen LogP contribution in [0.15, 0.2) is 29.2 Å². The maximum absolute atomic E-state index is 3.18. The summed E-state index contributed by atoms with van der Waals surface area (Å²) in [7, 11) is 0. The van der Waals surface area contributed by atoms with Crippen LogP contribution in [0.4, 0.5) is 0 Å². The Kier molecular flexibility index (Phi) is 1.65. The molecule has 0 atom stereocenters. The molecular weight excluding hydrogens is 142 g/mol. The van der Waals surface area contributed by atoms with E-state index in [9.17, 15) is 0 Å². The third kappa shape index (κ3) is 1.04. The van der Waals surface area contributed by atoms with Crippen molar-refractivity contribution in [3.63, 3.8) is 0 Å². The van der Waals surface area contributed by atoms with Crippen LogP contribution in [0.2, 0.25) is 0 Å². The van der Waals surface area contributed by atoms with E-state index in [2.05, 4.69) is 29.6 Å². The Balaban J connectivity index is 2.41. The molecule has 1 nitrogen and oxygen atoms in total. The quantitative estimate of drug-likeness (QED) is 0.607. The standard InChI is InChI=1S/C8H8NS/c1-2-4-8-7(3-1)5-9-6-10-8/h1-4,6,9H,5H2. The van der Waals surface area contributed by atoms with Gasteiger partial charge in [-0.3, -0.25) is 5.32 Å². The fourth-order valence-corrected chi connectivity index (χ4v) is 1.76. The van der Waals surface area contributed by atoms with Crippen LogP contribution in [0, 0.1) is 5.88 Å². The predicted molar refractivity (Wildman–Crippen MR) is 43.4 cm³/mol. The van der Waals surface area contributed by atoms with Gasteiger partial charge in [0.05, 0.1) is 5.88 Å². The van der Waals surface area contributed by atoms with Crippen molar-refractivity contribution in [1.82, 2.24) is 5.32 Å². The van der Waals surface area contributed by atoms with Crippen LogP contribution in [0.25, 0.3) is 0 Å². The lowest BCUT2D eigenvalue weighted by atomic mass is 10.2. The molecule has 1 aliphatic heterocycles. The maximum Gasteiger partial charge on any atom is 0.0836 e. The van der Waals surface area contributed by atoms with Crippen molar-refractivity contribution in [2.45, 2.75) is 11.4 Å². The molecule has 0 aliphatic carbocycles. The molecule has 2 rings (SSSR count). The average molecular weight is 150 g/mol. The summed E-state index contributed by atoms with van der Waals surface area (Å²) in [5.74, 6) is 2.03. The first-order valence-corrected chi connectivity index (χ1v) is 4.14. The first kappa shape index (κ1) is 6.25. The zero-order chi connectivity index (χ0) is 6.81. The summed E-state index contributed by atoms with van der Waals surface area (Å²) in [5, 5.41) is 3.18. The highest BCUT2D eigenvalue weighted by molar-refractivity contribution is 8.01. The molecular formula is C8H8NS. The zero-order valence-corrected chi connectivity index (χ0v) is 6.32. The van der Waals surface area contributed by atoms with Gasteiger partial charge in [0.15, 0.2) is 0 Å². The van der Waals surface area contributed by atoms with Crippen LogP contribution in [0.5, 0.6) is 0 Å². The Hall–Kier alpha value is -0.470. The predicted octanol–water partition coefficient (Wildman–Crippen LogP) is 2.00. The van der Waals surface area contributed by atoms with Gasteiger partial charge in [-0.25, -0.2) is 0 Å². The van der Waals surface area contributed by atoms with E-state index >= 15 is 0 Å². The molecule has 0 saturated heterocycles. The molecule has 1 aliphatic rings. The monoisotopic (exact) mass is 150 g/mol. The van der Waals surface area contributed by atoms with E-state index in [0.29, 0.717) is 0 Å². The van der Waals surface area contributed by atoms with E-state index in [-0.39, 0.29) is 0 Å². The van der Waals surface area contributed by atoms with Gasteiger partial charge >= 0.3 is 0 Å². The topological polar surface area (TPSA) is 12.0 Å². The highest BCUT2D eigenvalue weighted by Crippen LogP contribution is 2.27. The molecule has 0 bridgehead atoms. The van der Waals surface area contributed by atoms with Gasteiger partial charge in [0.2, 0.25) is 0 Å². The Morgan fingerprint density at radius 1 is 1.30 bits per heavy atom. The van der Waals surface area contributed by atoms with E-state index in [1.165, 1.54) is 10.5 Å². The summed E-state index contributed by atoms with van der Waals surface area (Å²) in [4.78, 5) is 1.38. The van der Waals surface area contributed by atoms with Gasteiger partial charge in [0.25, 0.3) is 0 Å². The molecule has 1 N–H and O–H groups in total. The lowest BCUT2D eigenvalue weighted by molar-refractivity contribution is 0.820. The Morgan fingerprint density at radius 3 is 3.10 bits per heavy atom. The lowest BCUT2D eigenvalue weighted by Crippen LogP contribution is -2.12. The average Bonchev–Trinajstić information content (AvgIpc) is 2.05. The van der Waals surface area contributed by atoms with Crippen molar-refractivity contribution in [2.24, 2.45) is 0 Å². The van der Waals surface area contributed by atoms with Crippen molar-refractivity contribution in [3.05, 3.63) is 35.7 Å². The molecule has 1 aromatic rings. The van der Waals surface area contributed by atoms with E-state index in [4.69, 9.17) is 0 Å². The molecule has 10 heavy (non-hydrogen) atoms. The molecule has 0 fully saturated rings. The maximum atomic E-state index is 3.18. The first-order chi connectivity index (χ1) is 4.97. The summed E-state index contributed by atoms with van der Waals surface area (Å²) in [6.07, 6.45) is 0. The molecule has 1 heterocycles. The fourth-order valence-electron chi connectivity index (χ4n) is 1.02. The number of fused-ring (bicyclic) bond motifs is 1. The molecule has 0 unspecified atom stereocenters. The second kappa shape index (κ2) is 2.64. The summed E-state index contributed by atoms with van der Waals surface area (Å²) in [6, 6.07) is 8.46. The molecule has 1 aromatic carbocycles. The van der Waals surface area contributed by atoms with Crippen molar-refractivity contribution in [2.75, 3.05) is 0 Å². The van der Waals surface area contributed by atoms with E-state index in [1.807, 2.05) is 5.88 Å². The third-order valence-corrected chi connectivity index (χ3v) is 2.47. The summed E-state index contributed by atoms with van der Waals surface area (Å²) in [6.45, 7) is 0.975. The second-order valence-electron chi connectivity index (χ2n) is 2.22. The zero-order valence-electron chi connectivity index (χ0n) is 5.50. The van der Waals surface area contributed by atoms with Crippen LogP contribution in [0.3, 0.4) is 0 Å². The van der Waals surface area contributed by atoms with E-state index < -0.39 is 0 Å². The van der Waals surface area contributed by atoms with Crippen LogP contribution in [0.1, 0.15) is 5.56 Å². The van der Waals surface area contributed by atoms with E-state index in [0.717, 1.165) is 6.54 Å². The Labute approximate surface area is 64.8 Å². The number of rotatable bonds is 0. The molecule has 1 radical (unpaired) electrons. The highest BCUT2D eigenvalue weighted by atomic mass is 32.2. The van der Waals surface area contributed by atoms with Gasteiger partial charge in [0.1, 0.15) is 0 Å². The smallest absolute Gasteiger partial charge is 0.0836 e. The van der Waals surface area contributed by atoms with Crippen LogP contribution < -0.4 is 5.32 Å². The lowest BCUT2D eigenvalue weighted by Gasteiger charge is -2.14. The third-order valence-electron chi connectivity index (χ3n) is 1.53. The van der Waals surface area contributed by atoms with Gasteiger partial charge in [-0.15, -0.1) is 11.8 Å². The number of benzene rings is 1. The SMILES string of the molecule is [CH]1NCc2ccccc2S1.